The molecule has 0 saturated carbocycles. The Morgan fingerprint density at radius 3 is 2.15 bits per heavy atom. The summed E-state index contributed by atoms with van der Waals surface area (Å²) >= 11 is 4.25. The number of rotatable bonds is 8. The normalized spacial score (nSPS) is 18.7. The number of benzene rings is 3. The molecule has 0 unspecified atom stereocenters. The van der Waals surface area contributed by atoms with Crippen LogP contribution in [0, 0.1) is 5.82 Å². The quantitative estimate of drug-likeness (QED) is 0.258. The van der Waals surface area contributed by atoms with E-state index < -0.39 is 49.2 Å². The van der Waals surface area contributed by atoms with Crippen molar-refractivity contribution in [2.75, 3.05) is 31.1 Å². The second kappa shape index (κ2) is 11.5. The molecule has 0 amide bonds. The van der Waals surface area contributed by atoms with Gasteiger partial charge in [-0.05, 0) is 61.0 Å². The van der Waals surface area contributed by atoms with Crippen LogP contribution in [0.3, 0.4) is 0 Å². The number of piperazine rings is 1. The molecule has 4 rings (SSSR count). The fraction of sp³-hybridized carbons (Fsp3) is 0.308. The molecule has 1 fully saturated rings. The van der Waals surface area contributed by atoms with E-state index in [1.807, 2.05) is 0 Å². The van der Waals surface area contributed by atoms with Crippen LogP contribution in [-0.2, 0) is 25.6 Å². The number of alkyl halides is 3. The van der Waals surface area contributed by atoms with Crippen LogP contribution in [0.4, 0.5) is 23.2 Å². The van der Waals surface area contributed by atoms with Crippen LogP contribution in [-0.4, -0.2) is 64.6 Å². The molecule has 3 aromatic rings. The number of anilines is 1. The van der Waals surface area contributed by atoms with Crippen LogP contribution in [0.15, 0.2) is 87.5 Å². The van der Waals surface area contributed by atoms with E-state index in [1.54, 1.807) is 17.0 Å². The third-order valence-electron chi connectivity index (χ3n) is 6.87. The Balaban J connectivity index is 1.64. The third kappa shape index (κ3) is 6.54. The smallest absolute Gasteiger partial charge is 0.376 e. The highest BCUT2D eigenvalue weighted by Crippen LogP contribution is 2.39. The van der Waals surface area contributed by atoms with E-state index in [2.05, 4.69) is 17.4 Å². The number of aliphatic hydroxyl groups is 1. The first kappa shape index (κ1) is 31.3. The molecule has 1 aliphatic rings. The highest BCUT2D eigenvalue weighted by atomic mass is 32.2. The molecule has 1 heterocycles. The average Bonchev–Trinajstić information content (AvgIpc) is 2.91. The first-order valence-electron chi connectivity index (χ1n) is 12.2. The van der Waals surface area contributed by atoms with Crippen LogP contribution in [0.1, 0.15) is 12.5 Å². The van der Waals surface area contributed by atoms with Crippen molar-refractivity contribution in [3.05, 3.63) is 84.2 Å². The summed E-state index contributed by atoms with van der Waals surface area (Å²) in [4.78, 5) is 1.68. The van der Waals surface area contributed by atoms with Crippen molar-refractivity contribution in [2.24, 2.45) is 0 Å². The van der Waals surface area contributed by atoms with Gasteiger partial charge in [0.25, 0.3) is 0 Å². The second-order valence-corrected chi connectivity index (χ2v) is 13.8. The van der Waals surface area contributed by atoms with Gasteiger partial charge in [0.1, 0.15) is 5.82 Å². The summed E-state index contributed by atoms with van der Waals surface area (Å²) in [6, 6.07) is 14.4. The number of nitrogens with one attached hydrogen (secondary N) is 1. The maximum Gasteiger partial charge on any atom is 0.421 e. The number of sulfonamides is 2. The van der Waals surface area contributed by atoms with Gasteiger partial charge in [-0.15, -0.1) is 12.6 Å². The minimum atomic E-state index is -4.92. The van der Waals surface area contributed by atoms with Crippen molar-refractivity contribution in [1.82, 2.24) is 9.03 Å². The summed E-state index contributed by atoms with van der Waals surface area (Å²) < 4.78 is 110. The Kier molecular flexibility index (Phi) is 8.79. The number of hydrogen-bond donors (Lipinski definition) is 3. The van der Waals surface area contributed by atoms with Crippen LogP contribution in [0.25, 0.3) is 0 Å². The molecule has 2 N–H and O–H groups in total. The Labute approximate surface area is 241 Å². The summed E-state index contributed by atoms with van der Waals surface area (Å²) in [6.07, 6.45) is -4.92. The van der Waals surface area contributed by atoms with Gasteiger partial charge < -0.3 is 10.0 Å². The van der Waals surface area contributed by atoms with Crippen LogP contribution < -0.4 is 9.62 Å². The van der Waals surface area contributed by atoms with Gasteiger partial charge in [-0.3, -0.25) is 0 Å². The van der Waals surface area contributed by atoms with Crippen molar-refractivity contribution in [1.29, 1.82) is 0 Å². The van der Waals surface area contributed by atoms with E-state index in [-0.39, 0.29) is 40.9 Å². The summed E-state index contributed by atoms with van der Waals surface area (Å²) in [5, 5.41) is 10.0. The summed E-state index contributed by atoms with van der Waals surface area (Å²) in [5.74, 6) is -0.624. The highest BCUT2D eigenvalue weighted by Gasteiger charge is 2.51. The number of halogens is 4. The highest BCUT2D eigenvalue weighted by molar-refractivity contribution is 7.90. The van der Waals surface area contributed by atoms with Gasteiger partial charge in [-0.25, -0.2) is 25.9 Å². The van der Waals surface area contributed by atoms with Crippen molar-refractivity contribution in [3.8, 4) is 0 Å². The fourth-order valence-electron chi connectivity index (χ4n) is 4.42. The molecule has 0 spiro atoms. The first-order chi connectivity index (χ1) is 19.0. The van der Waals surface area contributed by atoms with E-state index in [0.29, 0.717) is 12.6 Å². The second-order valence-electron chi connectivity index (χ2n) is 9.60. The molecule has 0 radical (unpaired) electrons. The molecule has 3 aromatic carbocycles. The van der Waals surface area contributed by atoms with Crippen LogP contribution >= 0.6 is 12.6 Å². The molecule has 15 heteroatoms. The zero-order valence-electron chi connectivity index (χ0n) is 21.6. The van der Waals surface area contributed by atoms with Gasteiger partial charge >= 0.3 is 6.18 Å². The number of thiol groups is 1. The van der Waals surface area contributed by atoms with E-state index >= 15 is 0 Å². The molecule has 1 aliphatic heterocycles. The maximum absolute atomic E-state index is 13.5. The Morgan fingerprint density at radius 2 is 1.56 bits per heavy atom. The van der Waals surface area contributed by atoms with Crippen molar-refractivity contribution >= 4 is 38.4 Å². The molecule has 0 bridgehead atoms. The molecule has 0 aliphatic carbocycles. The van der Waals surface area contributed by atoms with Gasteiger partial charge in [0, 0.05) is 36.8 Å². The largest absolute Gasteiger partial charge is 0.421 e. The van der Waals surface area contributed by atoms with E-state index in [0.717, 1.165) is 36.4 Å². The lowest BCUT2D eigenvalue weighted by atomic mass is 9.95. The van der Waals surface area contributed by atoms with E-state index in [4.69, 9.17) is 0 Å². The lowest BCUT2D eigenvalue weighted by molar-refractivity contribution is -0.258. The Hall–Kier alpha value is -2.69. The predicted octanol–water partition coefficient (Wildman–Crippen LogP) is 3.74. The topological polar surface area (TPSA) is 107 Å². The number of nitrogens with zero attached hydrogens (tertiary/aromatic N) is 2. The van der Waals surface area contributed by atoms with Crippen molar-refractivity contribution in [3.63, 3.8) is 0 Å². The maximum atomic E-state index is 13.5. The molecular formula is C26H27F4N3O5S3. The number of hydrogen-bond acceptors (Lipinski definition) is 7. The predicted molar refractivity (Wildman–Crippen MR) is 147 cm³/mol. The summed E-state index contributed by atoms with van der Waals surface area (Å²) in [5.41, 5.74) is -3.10. The van der Waals surface area contributed by atoms with E-state index in [9.17, 15) is 39.5 Å². The fourth-order valence-corrected chi connectivity index (χ4v) is 7.55. The molecule has 1 saturated heterocycles. The molecule has 8 nitrogen and oxygen atoms in total. The molecular weight excluding hydrogens is 606 g/mol. The molecule has 0 aromatic heterocycles. The molecule has 41 heavy (non-hydrogen) atoms. The van der Waals surface area contributed by atoms with E-state index in [1.165, 1.54) is 28.6 Å². The van der Waals surface area contributed by atoms with Crippen LogP contribution in [0.2, 0.25) is 0 Å². The Morgan fingerprint density at radius 1 is 0.951 bits per heavy atom. The monoisotopic (exact) mass is 633 g/mol. The molecule has 222 valence electrons. The summed E-state index contributed by atoms with van der Waals surface area (Å²) in [6.45, 7) is 0.256. The van der Waals surface area contributed by atoms with Gasteiger partial charge in [0.15, 0.2) is 5.60 Å². The van der Waals surface area contributed by atoms with Crippen molar-refractivity contribution < 1.29 is 39.5 Å². The van der Waals surface area contributed by atoms with Gasteiger partial charge in [0.05, 0.1) is 15.8 Å². The van der Waals surface area contributed by atoms with Gasteiger partial charge in [-0.1, -0.05) is 24.3 Å². The lowest BCUT2D eigenvalue weighted by Crippen LogP contribution is -2.58. The standard InChI is InChI=1S/C26H27F4N3O5S3/c1-25(34,26(28,29)30)18-6-10-20(11-7-18)33-15-14-32(41(37,38)24-5-3-2-4-23(24)39)17-21(33)16-31-40(35,36)22-12-8-19(27)9-13-22/h2-13,21,31,34,39H,14-17H2,1H3/t21-,25-/m0/s1. The summed E-state index contributed by atoms with van der Waals surface area (Å²) in [7, 11) is -8.15. The Bertz CT molecular complexity index is 1600. The zero-order valence-corrected chi connectivity index (χ0v) is 24.1. The minimum Gasteiger partial charge on any atom is -0.376 e. The third-order valence-corrected chi connectivity index (χ3v) is 10.8. The zero-order chi connectivity index (χ0) is 30.2. The van der Waals surface area contributed by atoms with Gasteiger partial charge in [-0.2, -0.15) is 17.5 Å². The van der Waals surface area contributed by atoms with Crippen molar-refractivity contribution in [2.45, 2.75) is 39.4 Å². The van der Waals surface area contributed by atoms with Crippen LogP contribution in [0.5, 0.6) is 0 Å². The molecule has 2 atom stereocenters. The lowest BCUT2D eigenvalue weighted by Gasteiger charge is -2.42. The SMILES string of the molecule is C[C@](O)(c1ccc(N2CCN(S(=O)(=O)c3ccccc3S)C[C@@H]2CNS(=O)(=O)c2ccc(F)cc2)cc1)C(F)(F)F. The van der Waals surface area contributed by atoms with Gasteiger partial charge in [0.2, 0.25) is 20.0 Å². The first-order valence-corrected chi connectivity index (χ1v) is 15.6. The average molecular weight is 634 g/mol. The minimum absolute atomic E-state index is 0.00627.